The highest BCUT2D eigenvalue weighted by atomic mass is 16.3. The SMILES string of the molecule is CNc1ccccc1-c1cccc(=O)n1-c1ccc(/C(N)=N/N=O)cc1. The van der Waals surface area contributed by atoms with Crippen molar-refractivity contribution >= 4 is 11.5 Å². The lowest BCUT2D eigenvalue weighted by Gasteiger charge is -2.16. The number of nitrogens with two attached hydrogens (primary N) is 1. The number of amidine groups is 1. The molecule has 0 radical (unpaired) electrons. The van der Waals surface area contributed by atoms with Gasteiger partial charge >= 0.3 is 0 Å². The smallest absolute Gasteiger partial charge is 0.255 e. The van der Waals surface area contributed by atoms with Gasteiger partial charge < -0.3 is 11.1 Å². The number of anilines is 1. The molecule has 26 heavy (non-hydrogen) atoms. The molecule has 0 saturated carbocycles. The van der Waals surface area contributed by atoms with Crippen LogP contribution in [0.15, 0.2) is 81.9 Å². The molecule has 0 saturated heterocycles. The van der Waals surface area contributed by atoms with Gasteiger partial charge in [-0.05, 0) is 36.4 Å². The summed E-state index contributed by atoms with van der Waals surface area (Å²) in [7, 11) is 1.84. The Morgan fingerprint density at radius 3 is 2.42 bits per heavy atom. The van der Waals surface area contributed by atoms with E-state index < -0.39 is 0 Å². The molecule has 0 fully saturated rings. The second-order valence-corrected chi connectivity index (χ2v) is 5.49. The van der Waals surface area contributed by atoms with Crippen LogP contribution in [0.25, 0.3) is 16.9 Å². The largest absolute Gasteiger partial charge is 0.388 e. The maximum atomic E-state index is 12.6. The molecule has 0 aliphatic heterocycles. The average molecular weight is 347 g/mol. The van der Waals surface area contributed by atoms with Gasteiger partial charge in [0.1, 0.15) is 0 Å². The Labute approximate surface area is 149 Å². The number of nitroso groups, excluding NO2 is 1. The minimum atomic E-state index is -0.155. The summed E-state index contributed by atoms with van der Waals surface area (Å²) in [4.78, 5) is 22.8. The Kier molecular flexibility index (Phi) is 4.89. The van der Waals surface area contributed by atoms with E-state index >= 15 is 0 Å². The summed E-state index contributed by atoms with van der Waals surface area (Å²) in [6.45, 7) is 0. The molecule has 0 unspecified atom stereocenters. The lowest BCUT2D eigenvalue weighted by Crippen LogP contribution is -2.19. The van der Waals surface area contributed by atoms with Crippen molar-refractivity contribution in [3.63, 3.8) is 0 Å². The number of pyridine rings is 1. The molecule has 0 atom stereocenters. The van der Waals surface area contributed by atoms with Gasteiger partial charge in [0.2, 0.25) is 0 Å². The first-order chi connectivity index (χ1) is 12.7. The number of hydrogen-bond donors (Lipinski definition) is 2. The van der Waals surface area contributed by atoms with E-state index in [4.69, 9.17) is 5.73 Å². The maximum absolute atomic E-state index is 12.6. The van der Waals surface area contributed by atoms with Crippen LogP contribution in [-0.2, 0) is 0 Å². The lowest BCUT2D eigenvalue weighted by atomic mass is 10.1. The fraction of sp³-hybridized carbons (Fsp3) is 0.0526. The molecule has 3 aromatic rings. The average Bonchev–Trinajstić information content (AvgIpc) is 2.68. The van der Waals surface area contributed by atoms with E-state index in [-0.39, 0.29) is 11.4 Å². The third-order valence-corrected chi connectivity index (χ3v) is 4.00. The number of rotatable bonds is 5. The van der Waals surface area contributed by atoms with Crippen molar-refractivity contribution in [2.45, 2.75) is 0 Å². The monoisotopic (exact) mass is 347 g/mol. The van der Waals surface area contributed by atoms with Gasteiger partial charge in [0.15, 0.2) is 5.84 Å². The highest BCUT2D eigenvalue weighted by molar-refractivity contribution is 5.97. The molecule has 7 heteroatoms. The standard InChI is InChI=1S/C19H17N5O2/c1-21-16-6-3-2-5-15(16)17-7-4-8-18(25)24(17)14-11-9-13(10-12-14)19(20)22-23-26/h2-12,21H,1H3,(H2,20,22,26). The quantitative estimate of drug-likeness (QED) is 0.321. The van der Waals surface area contributed by atoms with Crippen LogP contribution < -0.4 is 16.6 Å². The highest BCUT2D eigenvalue weighted by Gasteiger charge is 2.11. The number of hydrogen-bond acceptors (Lipinski definition) is 4. The number of aromatic nitrogens is 1. The summed E-state index contributed by atoms with van der Waals surface area (Å²) in [6, 6.07) is 19.7. The van der Waals surface area contributed by atoms with Crippen molar-refractivity contribution in [1.29, 1.82) is 0 Å². The molecule has 0 amide bonds. The third-order valence-electron chi connectivity index (χ3n) is 4.00. The number of nitrogens with zero attached hydrogens (tertiary/aromatic N) is 3. The Hall–Kier alpha value is -3.74. The van der Waals surface area contributed by atoms with Crippen molar-refractivity contribution < 1.29 is 0 Å². The molecule has 0 aliphatic carbocycles. The van der Waals surface area contributed by atoms with Crippen molar-refractivity contribution in [2.75, 3.05) is 12.4 Å². The zero-order valence-corrected chi connectivity index (χ0v) is 14.1. The van der Waals surface area contributed by atoms with Crippen LogP contribution in [-0.4, -0.2) is 17.5 Å². The van der Waals surface area contributed by atoms with Crippen LogP contribution in [0.1, 0.15) is 5.56 Å². The summed E-state index contributed by atoms with van der Waals surface area (Å²) >= 11 is 0. The van der Waals surface area contributed by atoms with Gasteiger partial charge in [-0.2, -0.15) is 0 Å². The summed E-state index contributed by atoms with van der Waals surface area (Å²) in [6.07, 6.45) is 0. The van der Waals surface area contributed by atoms with Gasteiger partial charge in [0.05, 0.1) is 11.0 Å². The van der Waals surface area contributed by atoms with E-state index in [2.05, 4.69) is 15.7 Å². The van der Waals surface area contributed by atoms with E-state index in [9.17, 15) is 9.70 Å². The molecular formula is C19H17N5O2. The molecule has 130 valence electrons. The summed E-state index contributed by atoms with van der Waals surface area (Å²) in [5.41, 5.74) is 9.31. The van der Waals surface area contributed by atoms with E-state index in [1.54, 1.807) is 34.9 Å². The molecule has 0 spiro atoms. The molecule has 2 aromatic carbocycles. The first-order valence-electron chi connectivity index (χ1n) is 7.91. The van der Waals surface area contributed by atoms with Crippen LogP contribution in [0.2, 0.25) is 0 Å². The highest BCUT2D eigenvalue weighted by Crippen LogP contribution is 2.28. The normalized spacial score (nSPS) is 11.2. The molecule has 1 heterocycles. The molecular weight excluding hydrogens is 330 g/mol. The zero-order valence-electron chi connectivity index (χ0n) is 14.1. The van der Waals surface area contributed by atoms with Crippen LogP contribution in [0.3, 0.4) is 0 Å². The zero-order chi connectivity index (χ0) is 18.5. The molecule has 0 bridgehead atoms. The van der Waals surface area contributed by atoms with Crippen molar-refractivity contribution in [3.8, 4) is 16.9 Å². The van der Waals surface area contributed by atoms with E-state index in [1.807, 2.05) is 37.4 Å². The van der Waals surface area contributed by atoms with Crippen LogP contribution in [0, 0.1) is 4.91 Å². The van der Waals surface area contributed by atoms with Gasteiger partial charge in [-0.15, -0.1) is 4.91 Å². The molecule has 1 aromatic heterocycles. The third kappa shape index (κ3) is 3.23. The fourth-order valence-corrected chi connectivity index (χ4v) is 2.77. The van der Waals surface area contributed by atoms with Crippen molar-refractivity contribution in [3.05, 3.63) is 87.6 Å². The molecule has 3 rings (SSSR count). The first kappa shape index (κ1) is 17.1. The Bertz CT molecular complexity index is 1020. The Morgan fingerprint density at radius 2 is 1.73 bits per heavy atom. The van der Waals surface area contributed by atoms with Crippen molar-refractivity contribution in [2.24, 2.45) is 16.1 Å². The van der Waals surface area contributed by atoms with Crippen LogP contribution >= 0.6 is 0 Å². The fourth-order valence-electron chi connectivity index (χ4n) is 2.77. The minimum Gasteiger partial charge on any atom is -0.388 e. The van der Waals surface area contributed by atoms with E-state index in [0.29, 0.717) is 11.3 Å². The number of para-hydroxylation sites is 1. The predicted octanol–water partition coefficient (Wildman–Crippen LogP) is 2.93. The van der Waals surface area contributed by atoms with E-state index in [0.717, 1.165) is 16.9 Å². The van der Waals surface area contributed by atoms with Gasteiger partial charge in [-0.25, -0.2) is 0 Å². The Balaban J connectivity index is 2.16. The van der Waals surface area contributed by atoms with Gasteiger partial charge in [0.25, 0.3) is 5.56 Å². The molecule has 7 nitrogen and oxygen atoms in total. The van der Waals surface area contributed by atoms with Crippen molar-refractivity contribution in [1.82, 2.24) is 4.57 Å². The summed E-state index contributed by atoms with van der Waals surface area (Å²) < 4.78 is 1.62. The topological polar surface area (TPSA) is 102 Å². The molecule has 0 aliphatic rings. The molecule has 3 N–H and O–H groups in total. The number of benzene rings is 2. The van der Waals surface area contributed by atoms with Crippen LogP contribution in [0.5, 0.6) is 0 Å². The maximum Gasteiger partial charge on any atom is 0.255 e. The van der Waals surface area contributed by atoms with Gasteiger partial charge in [0, 0.05) is 35.6 Å². The summed E-state index contributed by atoms with van der Waals surface area (Å²) in [5, 5.41) is 8.86. The van der Waals surface area contributed by atoms with Crippen LogP contribution in [0.4, 0.5) is 5.69 Å². The number of nitrogens with one attached hydrogen (secondary N) is 1. The minimum absolute atomic E-state index is 0.0210. The predicted molar refractivity (Wildman–Crippen MR) is 104 cm³/mol. The second-order valence-electron chi connectivity index (χ2n) is 5.49. The van der Waals surface area contributed by atoms with Gasteiger partial charge in [-0.3, -0.25) is 9.36 Å². The Morgan fingerprint density at radius 1 is 1.00 bits per heavy atom. The van der Waals surface area contributed by atoms with Gasteiger partial charge in [-0.1, -0.05) is 29.4 Å². The second kappa shape index (κ2) is 7.43. The lowest BCUT2D eigenvalue weighted by molar-refractivity contribution is 0.999. The first-order valence-corrected chi connectivity index (χ1v) is 7.91. The summed E-state index contributed by atoms with van der Waals surface area (Å²) in [5.74, 6) is 0.0210. The van der Waals surface area contributed by atoms with E-state index in [1.165, 1.54) is 6.07 Å².